The van der Waals surface area contributed by atoms with E-state index in [4.69, 9.17) is 20.8 Å². The molecule has 4 nitrogen and oxygen atoms in total. The van der Waals surface area contributed by atoms with E-state index in [1.165, 1.54) is 0 Å². The minimum absolute atomic E-state index is 0.182. The maximum Gasteiger partial charge on any atom is 0.231 e. The van der Waals surface area contributed by atoms with Gasteiger partial charge in [0, 0.05) is 10.6 Å². The topological polar surface area (TPSA) is 52.3 Å². The van der Waals surface area contributed by atoms with Crippen LogP contribution >= 0.6 is 11.6 Å². The van der Waals surface area contributed by atoms with Gasteiger partial charge in [-0.2, -0.15) is 0 Å². The summed E-state index contributed by atoms with van der Waals surface area (Å²) in [4.78, 5) is 17.9. The van der Waals surface area contributed by atoms with Crippen LogP contribution in [-0.2, 0) is 0 Å². The van der Waals surface area contributed by atoms with Gasteiger partial charge in [-0.1, -0.05) is 42.8 Å². The predicted octanol–water partition coefficient (Wildman–Crippen LogP) is 6.69. The zero-order valence-corrected chi connectivity index (χ0v) is 17.2. The Labute approximate surface area is 179 Å². The zero-order valence-electron chi connectivity index (χ0n) is 16.5. The van der Waals surface area contributed by atoms with Crippen molar-refractivity contribution in [2.24, 2.45) is 0 Å². The molecule has 0 saturated carbocycles. The van der Waals surface area contributed by atoms with Crippen molar-refractivity contribution in [1.82, 2.24) is 4.98 Å². The van der Waals surface area contributed by atoms with Crippen molar-refractivity contribution in [2.75, 3.05) is 6.61 Å². The number of carbonyl (C=O) groups excluding carboxylic acids is 1. The van der Waals surface area contributed by atoms with Gasteiger partial charge in [-0.3, -0.25) is 4.79 Å². The highest BCUT2D eigenvalue weighted by molar-refractivity contribution is 6.32. The van der Waals surface area contributed by atoms with Crippen LogP contribution in [-0.4, -0.2) is 17.4 Å². The molecule has 0 fully saturated rings. The fourth-order valence-corrected chi connectivity index (χ4v) is 3.14. The number of aromatic nitrogens is 1. The molecule has 0 N–H and O–H groups in total. The van der Waals surface area contributed by atoms with E-state index in [9.17, 15) is 4.79 Å². The fraction of sp³-hybridized carbons (Fsp3) is 0.120. The lowest BCUT2D eigenvalue weighted by molar-refractivity contribution is 0.105. The summed E-state index contributed by atoms with van der Waals surface area (Å²) in [5.74, 6) is 0.833. The number of Topliss-reactive ketones (excluding diaryl/α,β-unsaturated/α-hetero) is 1. The summed E-state index contributed by atoms with van der Waals surface area (Å²) in [7, 11) is 0. The van der Waals surface area contributed by atoms with E-state index in [1.54, 1.807) is 42.5 Å². The third-order valence-electron chi connectivity index (χ3n) is 4.54. The van der Waals surface area contributed by atoms with E-state index in [2.05, 4.69) is 4.98 Å². The standard InChI is InChI=1S/C25H20ClNO3/c1-2-15-29-20-13-9-18(10-14-20)24(28)21(16-17-7-11-19(26)12-8-17)25-27-22-5-3-4-6-23(22)30-25/h3-14,16H,2,15H2,1H3. The van der Waals surface area contributed by atoms with Crippen molar-refractivity contribution < 1.29 is 13.9 Å². The first-order valence-electron chi connectivity index (χ1n) is 9.75. The van der Waals surface area contributed by atoms with Crippen molar-refractivity contribution >= 4 is 40.1 Å². The monoisotopic (exact) mass is 417 g/mol. The number of para-hydroxylation sites is 2. The maximum absolute atomic E-state index is 13.4. The molecule has 0 radical (unpaired) electrons. The summed E-state index contributed by atoms with van der Waals surface area (Å²) in [6.07, 6.45) is 2.69. The second-order valence-corrected chi connectivity index (χ2v) is 7.23. The highest BCUT2D eigenvalue weighted by Crippen LogP contribution is 2.27. The van der Waals surface area contributed by atoms with Crippen LogP contribution in [0.15, 0.2) is 77.2 Å². The molecule has 0 atom stereocenters. The number of nitrogens with zero attached hydrogens (tertiary/aromatic N) is 1. The van der Waals surface area contributed by atoms with Crippen molar-refractivity contribution in [3.05, 3.63) is 94.8 Å². The van der Waals surface area contributed by atoms with Crippen LogP contribution in [0.2, 0.25) is 5.02 Å². The first-order chi connectivity index (χ1) is 14.6. The van der Waals surface area contributed by atoms with Gasteiger partial charge in [-0.05, 0) is 66.6 Å². The van der Waals surface area contributed by atoms with Crippen LogP contribution in [0, 0.1) is 0 Å². The molecule has 0 amide bonds. The van der Waals surface area contributed by atoms with E-state index in [-0.39, 0.29) is 11.7 Å². The molecule has 0 bridgehead atoms. The Morgan fingerprint density at radius 3 is 2.47 bits per heavy atom. The van der Waals surface area contributed by atoms with E-state index in [1.807, 2.05) is 43.3 Å². The number of ether oxygens (including phenoxy) is 1. The van der Waals surface area contributed by atoms with Gasteiger partial charge in [-0.25, -0.2) is 4.98 Å². The van der Waals surface area contributed by atoms with Crippen LogP contribution < -0.4 is 4.74 Å². The van der Waals surface area contributed by atoms with Gasteiger partial charge in [0.25, 0.3) is 0 Å². The molecule has 0 spiro atoms. The van der Waals surface area contributed by atoms with Gasteiger partial charge in [0.15, 0.2) is 11.4 Å². The normalized spacial score (nSPS) is 11.6. The molecule has 150 valence electrons. The van der Waals surface area contributed by atoms with Crippen LogP contribution in [0.1, 0.15) is 35.2 Å². The lowest BCUT2D eigenvalue weighted by Crippen LogP contribution is -2.04. The van der Waals surface area contributed by atoms with E-state index >= 15 is 0 Å². The summed E-state index contributed by atoms with van der Waals surface area (Å²) >= 11 is 6.00. The van der Waals surface area contributed by atoms with Crippen LogP contribution in [0.5, 0.6) is 5.75 Å². The summed E-state index contributed by atoms with van der Waals surface area (Å²) < 4.78 is 11.5. The molecule has 1 heterocycles. The smallest absolute Gasteiger partial charge is 0.231 e. The molecule has 0 aliphatic carbocycles. The quantitative estimate of drug-likeness (QED) is 0.248. The van der Waals surface area contributed by atoms with Gasteiger partial charge in [0.05, 0.1) is 12.2 Å². The van der Waals surface area contributed by atoms with Gasteiger partial charge >= 0.3 is 0 Å². The Morgan fingerprint density at radius 2 is 1.77 bits per heavy atom. The first-order valence-corrected chi connectivity index (χ1v) is 10.1. The molecule has 0 unspecified atom stereocenters. The molecule has 3 aromatic carbocycles. The van der Waals surface area contributed by atoms with Crippen molar-refractivity contribution in [3.63, 3.8) is 0 Å². The van der Waals surface area contributed by atoms with Crippen molar-refractivity contribution in [3.8, 4) is 5.75 Å². The number of halogens is 1. The van der Waals surface area contributed by atoms with E-state index < -0.39 is 0 Å². The maximum atomic E-state index is 13.4. The molecule has 4 aromatic rings. The number of hydrogen-bond donors (Lipinski definition) is 0. The van der Waals surface area contributed by atoms with Gasteiger partial charge in [0.2, 0.25) is 5.89 Å². The molecule has 0 aliphatic heterocycles. The Kier molecular flexibility index (Phi) is 5.96. The second kappa shape index (κ2) is 8.97. The summed E-state index contributed by atoms with van der Waals surface area (Å²) in [6.45, 7) is 2.68. The van der Waals surface area contributed by atoms with Gasteiger partial charge in [0.1, 0.15) is 11.3 Å². The Hall–Kier alpha value is -3.37. The van der Waals surface area contributed by atoms with Crippen molar-refractivity contribution in [1.29, 1.82) is 0 Å². The van der Waals surface area contributed by atoms with E-state index in [0.29, 0.717) is 33.9 Å². The molecule has 30 heavy (non-hydrogen) atoms. The van der Waals surface area contributed by atoms with Gasteiger partial charge in [-0.15, -0.1) is 0 Å². The molecule has 0 aliphatic rings. The number of oxazole rings is 1. The van der Waals surface area contributed by atoms with Crippen LogP contribution in [0.25, 0.3) is 22.7 Å². The average molecular weight is 418 g/mol. The average Bonchev–Trinajstić information content (AvgIpc) is 3.21. The summed E-state index contributed by atoms with van der Waals surface area (Å²) in [5, 5.41) is 0.629. The molecular weight excluding hydrogens is 398 g/mol. The number of hydrogen-bond acceptors (Lipinski definition) is 4. The summed E-state index contributed by atoms with van der Waals surface area (Å²) in [5.41, 5.74) is 3.06. The third-order valence-corrected chi connectivity index (χ3v) is 4.79. The number of allylic oxidation sites excluding steroid dienone is 1. The Balaban J connectivity index is 1.74. The minimum Gasteiger partial charge on any atom is -0.494 e. The SMILES string of the molecule is CCCOc1ccc(C(=O)C(=Cc2ccc(Cl)cc2)c2nc3ccccc3o2)cc1. The minimum atomic E-state index is -0.182. The summed E-state index contributed by atoms with van der Waals surface area (Å²) in [6, 6.07) is 21.8. The third kappa shape index (κ3) is 4.44. The zero-order chi connectivity index (χ0) is 20.9. The molecule has 4 rings (SSSR count). The fourth-order valence-electron chi connectivity index (χ4n) is 3.02. The number of carbonyl (C=O) groups is 1. The second-order valence-electron chi connectivity index (χ2n) is 6.80. The largest absolute Gasteiger partial charge is 0.494 e. The lowest BCUT2D eigenvalue weighted by Gasteiger charge is -2.07. The molecule has 1 aromatic heterocycles. The van der Waals surface area contributed by atoms with Crippen molar-refractivity contribution in [2.45, 2.75) is 13.3 Å². The highest BCUT2D eigenvalue weighted by Gasteiger charge is 2.20. The predicted molar refractivity (Wildman–Crippen MR) is 120 cm³/mol. The number of benzene rings is 3. The van der Waals surface area contributed by atoms with Gasteiger partial charge < -0.3 is 9.15 Å². The first kappa shape index (κ1) is 19.9. The van der Waals surface area contributed by atoms with Crippen LogP contribution in [0.4, 0.5) is 0 Å². The number of ketones is 1. The highest BCUT2D eigenvalue weighted by atomic mass is 35.5. The molecule has 5 heteroatoms. The Morgan fingerprint density at radius 1 is 1.03 bits per heavy atom. The molecule has 0 saturated heterocycles. The molecular formula is C25H20ClNO3. The lowest BCUT2D eigenvalue weighted by atomic mass is 10.0. The number of fused-ring (bicyclic) bond motifs is 1. The number of rotatable bonds is 7. The Bertz CT molecular complexity index is 1160. The van der Waals surface area contributed by atoms with Crippen LogP contribution in [0.3, 0.4) is 0 Å². The van der Waals surface area contributed by atoms with E-state index in [0.717, 1.165) is 17.7 Å².